The lowest BCUT2D eigenvalue weighted by Gasteiger charge is -2.24. The average molecular weight is 485 g/mol. The van der Waals surface area contributed by atoms with Crippen molar-refractivity contribution >= 4 is 11.6 Å². The van der Waals surface area contributed by atoms with Crippen LogP contribution in [0.3, 0.4) is 0 Å². The summed E-state index contributed by atoms with van der Waals surface area (Å²) in [5.41, 5.74) is 0.771. The number of anilines is 1. The van der Waals surface area contributed by atoms with Gasteiger partial charge >= 0.3 is 18.3 Å². The van der Waals surface area contributed by atoms with Crippen molar-refractivity contribution in [2.45, 2.75) is 25.2 Å². The van der Waals surface area contributed by atoms with Crippen LogP contribution < -0.4 is 5.32 Å². The molecular weight excluding hydrogens is 464 g/mol. The summed E-state index contributed by atoms with van der Waals surface area (Å²) in [6.07, 6.45) is -7.74. The smallest absolute Gasteiger partial charge is 0.383 e. The van der Waals surface area contributed by atoms with Gasteiger partial charge in [0.05, 0.1) is 11.8 Å². The molecule has 0 saturated heterocycles. The molecule has 0 saturated carbocycles. The highest BCUT2D eigenvalue weighted by atomic mass is 19.4. The highest BCUT2D eigenvalue weighted by Gasteiger charge is 2.42. The second-order valence-corrected chi connectivity index (χ2v) is 7.44. The maximum atomic E-state index is 13.0. The zero-order valence-corrected chi connectivity index (χ0v) is 17.8. The number of hydrogen-bond donors (Lipinski definition) is 1. The van der Waals surface area contributed by atoms with E-state index in [1.54, 1.807) is 30.3 Å². The van der Waals surface area contributed by atoms with Crippen LogP contribution in [-0.2, 0) is 17.4 Å². The molecule has 0 atom stereocenters. The SMILES string of the molecule is O=C(N(CCCc1cnoc1-c1ccc(C(F)(F)F)cc1)CCNc1ccccc1)C(F)(F)F. The molecule has 1 amide bonds. The number of carbonyl (C=O) groups is 1. The van der Waals surface area contributed by atoms with E-state index in [0.29, 0.717) is 16.8 Å². The Labute approximate surface area is 191 Å². The number of hydrogen-bond acceptors (Lipinski definition) is 4. The monoisotopic (exact) mass is 485 g/mol. The average Bonchev–Trinajstić information content (AvgIpc) is 3.26. The summed E-state index contributed by atoms with van der Waals surface area (Å²) in [6.45, 7) is -0.217. The van der Waals surface area contributed by atoms with E-state index in [1.807, 2.05) is 0 Å². The van der Waals surface area contributed by atoms with E-state index >= 15 is 0 Å². The molecular formula is C23H21F6N3O2. The largest absolute Gasteiger partial charge is 0.471 e. The van der Waals surface area contributed by atoms with E-state index in [9.17, 15) is 31.1 Å². The van der Waals surface area contributed by atoms with Crippen molar-refractivity contribution < 1.29 is 35.7 Å². The molecule has 0 aliphatic carbocycles. The Bertz CT molecular complexity index is 1060. The van der Waals surface area contributed by atoms with Crippen LogP contribution in [0, 0.1) is 0 Å². The molecule has 1 N–H and O–H groups in total. The van der Waals surface area contributed by atoms with E-state index < -0.39 is 23.8 Å². The van der Waals surface area contributed by atoms with Crippen LogP contribution in [0.25, 0.3) is 11.3 Å². The van der Waals surface area contributed by atoms with Crippen LogP contribution in [-0.4, -0.2) is 41.8 Å². The van der Waals surface area contributed by atoms with Gasteiger partial charge in [-0.25, -0.2) is 0 Å². The summed E-state index contributed by atoms with van der Waals surface area (Å²) in [7, 11) is 0. The Morgan fingerprint density at radius 2 is 1.62 bits per heavy atom. The van der Waals surface area contributed by atoms with Crippen molar-refractivity contribution in [1.82, 2.24) is 10.1 Å². The minimum Gasteiger partial charge on any atom is -0.383 e. The molecule has 0 radical (unpaired) electrons. The summed E-state index contributed by atoms with van der Waals surface area (Å²) in [5.74, 6) is -1.70. The molecule has 3 rings (SSSR count). The fourth-order valence-electron chi connectivity index (χ4n) is 3.33. The number of aryl methyl sites for hydroxylation is 1. The van der Waals surface area contributed by atoms with Gasteiger partial charge in [-0.05, 0) is 37.1 Å². The molecule has 182 valence electrons. The van der Waals surface area contributed by atoms with Crippen molar-refractivity contribution in [1.29, 1.82) is 0 Å². The second-order valence-electron chi connectivity index (χ2n) is 7.44. The van der Waals surface area contributed by atoms with E-state index in [-0.39, 0.29) is 38.2 Å². The first-order valence-corrected chi connectivity index (χ1v) is 10.3. The molecule has 0 aliphatic rings. The van der Waals surface area contributed by atoms with Gasteiger partial charge in [-0.2, -0.15) is 26.3 Å². The minimum absolute atomic E-state index is 0.121. The topological polar surface area (TPSA) is 58.4 Å². The molecule has 11 heteroatoms. The predicted molar refractivity (Wildman–Crippen MR) is 113 cm³/mol. The molecule has 2 aromatic carbocycles. The van der Waals surface area contributed by atoms with Crippen molar-refractivity contribution in [3.05, 3.63) is 71.9 Å². The number of alkyl halides is 6. The molecule has 34 heavy (non-hydrogen) atoms. The summed E-state index contributed by atoms with van der Waals surface area (Å²) in [4.78, 5) is 12.6. The molecule has 0 fully saturated rings. The van der Waals surface area contributed by atoms with Crippen molar-refractivity contribution in [2.75, 3.05) is 25.0 Å². The number of para-hydroxylation sites is 1. The molecule has 0 aliphatic heterocycles. The van der Waals surface area contributed by atoms with Gasteiger partial charge in [-0.1, -0.05) is 35.5 Å². The third-order valence-electron chi connectivity index (χ3n) is 5.01. The summed E-state index contributed by atoms with van der Waals surface area (Å²) < 4.78 is 82.5. The molecule has 1 heterocycles. The third kappa shape index (κ3) is 6.75. The van der Waals surface area contributed by atoms with Crippen molar-refractivity contribution in [2.24, 2.45) is 0 Å². The van der Waals surface area contributed by atoms with Gasteiger partial charge in [0.15, 0.2) is 5.76 Å². The van der Waals surface area contributed by atoms with Gasteiger partial charge in [-0.15, -0.1) is 0 Å². The molecule has 0 spiro atoms. The normalized spacial score (nSPS) is 11.9. The Balaban J connectivity index is 1.61. The van der Waals surface area contributed by atoms with Crippen LogP contribution in [0.2, 0.25) is 0 Å². The minimum atomic E-state index is -5.00. The molecule has 1 aromatic heterocycles. The first-order chi connectivity index (χ1) is 16.1. The standard InChI is InChI=1S/C23H21F6N3O2/c24-22(25,26)18-10-8-16(9-11-18)20-17(15-31-34-20)5-4-13-32(21(33)23(27,28)29)14-12-30-19-6-2-1-3-7-19/h1-3,6-11,15,30H,4-5,12-14H2. The number of amides is 1. The lowest BCUT2D eigenvalue weighted by atomic mass is 10.0. The molecule has 3 aromatic rings. The fraction of sp³-hybridized carbons (Fsp3) is 0.304. The number of rotatable bonds is 9. The van der Waals surface area contributed by atoms with E-state index in [1.165, 1.54) is 18.3 Å². The van der Waals surface area contributed by atoms with Crippen molar-refractivity contribution in [3.63, 3.8) is 0 Å². The Hall–Kier alpha value is -3.50. The van der Waals surface area contributed by atoms with E-state index in [4.69, 9.17) is 4.52 Å². The zero-order chi connectivity index (χ0) is 24.8. The van der Waals surface area contributed by atoms with Crippen LogP contribution >= 0.6 is 0 Å². The number of carbonyl (C=O) groups excluding carboxylic acids is 1. The number of aromatic nitrogens is 1. The van der Waals surface area contributed by atoms with Gasteiger partial charge in [0.2, 0.25) is 0 Å². The zero-order valence-electron chi connectivity index (χ0n) is 17.8. The Morgan fingerprint density at radius 1 is 0.941 bits per heavy atom. The first-order valence-electron chi connectivity index (χ1n) is 10.3. The molecule has 0 unspecified atom stereocenters. The van der Waals surface area contributed by atoms with Crippen LogP contribution in [0.4, 0.5) is 32.0 Å². The van der Waals surface area contributed by atoms with Crippen LogP contribution in [0.15, 0.2) is 65.3 Å². The fourth-order valence-corrected chi connectivity index (χ4v) is 3.33. The van der Waals surface area contributed by atoms with Crippen LogP contribution in [0.1, 0.15) is 17.5 Å². The molecule has 5 nitrogen and oxygen atoms in total. The van der Waals surface area contributed by atoms with Gasteiger partial charge < -0.3 is 14.7 Å². The van der Waals surface area contributed by atoms with Gasteiger partial charge in [0.1, 0.15) is 0 Å². The van der Waals surface area contributed by atoms with E-state index in [2.05, 4.69) is 10.5 Å². The number of halogens is 6. The second kappa shape index (κ2) is 10.6. The molecule has 0 bridgehead atoms. The lowest BCUT2D eigenvalue weighted by Crippen LogP contribution is -2.43. The highest BCUT2D eigenvalue weighted by molar-refractivity contribution is 5.81. The summed E-state index contributed by atoms with van der Waals surface area (Å²) in [6, 6.07) is 13.1. The number of nitrogens with one attached hydrogen (secondary N) is 1. The number of nitrogens with zero attached hydrogens (tertiary/aromatic N) is 2. The predicted octanol–water partition coefficient (Wildman–Crippen LogP) is 5.80. The first kappa shape index (κ1) is 25.1. The number of benzene rings is 2. The Morgan fingerprint density at radius 3 is 2.24 bits per heavy atom. The van der Waals surface area contributed by atoms with Gasteiger partial charge in [0.25, 0.3) is 0 Å². The van der Waals surface area contributed by atoms with E-state index in [0.717, 1.165) is 17.0 Å². The maximum Gasteiger partial charge on any atom is 0.471 e. The van der Waals surface area contributed by atoms with Crippen molar-refractivity contribution in [3.8, 4) is 11.3 Å². The summed E-state index contributed by atoms with van der Waals surface area (Å²) in [5, 5.41) is 6.62. The van der Waals surface area contributed by atoms with Gasteiger partial charge in [-0.3, -0.25) is 4.79 Å². The quantitative estimate of drug-likeness (QED) is 0.390. The van der Waals surface area contributed by atoms with Gasteiger partial charge in [0, 0.05) is 36.4 Å². The highest BCUT2D eigenvalue weighted by Crippen LogP contribution is 2.32. The lowest BCUT2D eigenvalue weighted by molar-refractivity contribution is -0.185. The third-order valence-corrected chi connectivity index (χ3v) is 5.01. The summed E-state index contributed by atoms with van der Waals surface area (Å²) >= 11 is 0. The maximum absolute atomic E-state index is 13.0. The Kier molecular flexibility index (Phi) is 7.85. The van der Waals surface area contributed by atoms with Crippen LogP contribution in [0.5, 0.6) is 0 Å².